The minimum atomic E-state index is -0.490. The minimum absolute atomic E-state index is 0.128. The average Bonchev–Trinajstić information content (AvgIpc) is 3.44. The normalized spacial score (nSPS) is 15.2. The van der Waals surface area contributed by atoms with Crippen molar-refractivity contribution in [3.63, 3.8) is 0 Å². The summed E-state index contributed by atoms with van der Waals surface area (Å²) in [6, 6.07) is 9.23. The molecule has 36 heavy (non-hydrogen) atoms. The fourth-order valence-electron chi connectivity index (χ4n) is 4.35. The lowest BCUT2D eigenvalue weighted by molar-refractivity contribution is 0.0920. The molecule has 1 saturated heterocycles. The number of carbonyl (C=O) groups is 2. The Morgan fingerprint density at radius 3 is 2.72 bits per heavy atom. The van der Waals surface area contributed by atoms with Crippen LogP contribution in [0.25, 0.3) is 11.1 Å². The van der Waals surface area contributed by atoms with Gasteiger partial charge >= 0.3 is 6.09 Å². The van der Waals surface area contributed by atoms with Gasteiger partial charge in [0.15, 0.2) is 0 Å². The SMILES string of the molecule is CCCN(C)c1cc(-c2cc[nH]c(=O)c2C)c(C)cc1N1C[C@H](CNC(=O)c2ccc(Cl)s2)OC1=O. The summed E-state index contributed by atoms with van der Waals surface area (Å²) in [5.41, 5.74) is 4.84. The first-order valence-corrected chi connectivity index (χ1v) is 12.9. The van der Waals surface area contributed by atoms with Crippen molar-refractivity contribution in [2.24, 2.45) is 0 Å². The molecule has 8 nitrogen and oxygen atoms in total. The van der Waals surface area contributed by atoms with Crippen molar-refractivity contribution < 1.29 is 14.3 Å². The fourth-order valence-corrected chi connectivity index (χ4v) is 5.31. The number of thiophene rings is 1. The quantitative estimate of drug-likeness (QED) is 0.430. The number of amides is 2. The van der Waals surface area contributed by atoms with Crippen molar-refractivity contribution >= 4 is 46.3 Å². The van der Waals surface area contributed by atoms with E-state index in [1.165, 1.54) is 11.3 Å². The molecule has 1 atom stereocenters. The zero-order valence-electron chi connectivity index (χ0n) is 20.7. The number of cyclic esters (lactones) is 1. The van der Waals surface area contributed by atoms with Crippen LogP contribution in [0.3, 0.4) is 0 Å². The van der Waals surface area contributed by atoms with E-state index in [-0.39, 0.29) is 18.0 Å². The molecule has 190 valence electrons. The van der Waals surface area contributed by atoms with Crippen LogP contribution in [-0.4, -0.2) is 49.8 Å². The lowest BCUT2D eigenvalue weighted by atomic mass is 9.96. The van der Waals surface area contributed by atoms with E-state index in [0.717, 1.165) is 41.0 Å². The first-order valence-electron chi connectivity index (χ1n) is 11.8. The third kappa shape index (κ3) is 5.27. The second-order valence-corrected chi connectivity index (χ2v) is 10.6. The molecule has 3 heterocycles. The van der Waals surface area contributed by atoms with Crippen LogP contribution in [0, 0.1) is 13.8 Å². The van der Waals surface area contributed by atoms with Gasteiger partial charge in [0.2, 0.25) is 0 Å². The number of benzene rings is 1. The number of aryl methyl sites for hydroxylation is 1. The van der Waals surface area contributed by atoms with Gasteiger partial charge in [0.25, 0.3) is 11.5 Å². The molecule has 10 heteroatoms. The molecule has 0 spiro atoms. The smallest absolute Gasteiger partial charge is 0.414 e. The van der Waals surface area contributed by atoms with Crippen LogP contribution >= 0.6 is 22.9 Å². The van der Waals surface area contributed by atoms with E-state index >= 15 is 0 Å². The maximum atomic E-state index is 12.9. The Kier molecular flexibility index (Phi) is 7.70. The Balaban J connectivity index is 1.61. The third-order valence-corrected chi connectivity index (χ3v) is 7.47. The summed E-state index contributed by atoms with van der Waals surface area (Å²) >= 11 is 7.12. The molecule has 1 aliphatic rings. The Hall–Kier alpha value is -3.30. The number of halogens is 1. The molecule has 0 radical (unpaired) electrons. The molecule has 4 rings (SSSR count). The largest absolute Gasteiger partial charge is 0.442 e. The van der Waals surface area contributed by atoms with E-state index in [1.54, 1.807) is 30.2 Å². The Bertz CT molecular complexity index is 1350. The minimum Gasteiger partial charge on any atom is -0.442 e. The summed E-state index contributed by atoms with van der Waals surface area (Å²) in [4.78, 5) is 44.5. The van der Waals surface area contributed by atoms with Gasteiger partial charge in [-0.2, -0.15) is 0 Å². The number of carbonyl (C=O) groups excluding carboxylic acids is 2. The highest BCUT2D eigenvalue weighted by Crippen LogP contribution is 2.38. The fraction of sp³-hybridized carbons (Fsp3) is 0.346. The second-order valence-electron chi connectivity index (χ2n) is 8.85. The van der Waals surface area contributed by atoms with Crippen LogP contribution < -0.4 is 20.7 Å². The van der Waals surface area contributed by atoms with Gasteiger partial charge in [-0.1, -0.05) is 18.5 Å². The van der Waals surface area contributed by atoms with Gasteiger partial charge in [-0.15, -0.1) is 11.3 Å². The highest BCUT2D eigenvalue weighted by atomic mass is 35.5. The monoisotopic (exact) mass is 528 g/mol. The number of anilines is 2. The van der Waals surface area contributed by atoms with Crippen LogP contribution in [-0.2, 0) is 4.74 Å². The molecule has 0 bridgehead atoms. The average molecular weight is 529 g/mol. The number of rotatable bonds is 8. The van der Waals surface area contributed by atoms with Crippen molar-refractivity contribution in [1.29, 1.82) is 0 Å². The molecule has 2 N–H and O–H groups in total. The zero-order valence-corrected chi connectivity index (χ0v) is 22.3. The van der Waals surface area contributed by atoms with Gasteiger partial charge in [-0.05, 0) is 67.3 Å². The second kappa shape index (κ2) is 10.8. The molecule has 2 aromatic heterocycles. The summed E-state index contributed by atoms with van der Waals surface area (Å²) in [6.45, 7) is 7.15. The summed E-state index contributed by atoms with van der Waals surface area (Å²) in [7, 11) is 1.98. The number of nitrogens with one attached hydrogen (secondary N) is 2. The molecular formula is C26H29ClN4O4S. The van der Waals surface area contributed by atoms with Crippen molar-refractivity contribution in [1.82, 2.24) is 10.3 Å². The van der Waals surface area contributed by atoms with Crippen molar-refractivity contribution in [3.8, 4) is 11.1 Å². The Morgan fingerprint density at radius 2 is 2.03 bits per heavy atom. The summed E-state index contributed by atoms with van der Waals surface area (Å²) in [5.74, 6) is -0.252. The van der Waals surface area contributed by atoms with E-state index in [4.69, 9.17) is 16.3 Å². The summed E-state index contributed by atoms with van der Waals surface area (Å²) in [6.07, 6.45) is 1.62. The van der Waals surface area contributed by atoms with Gasteiger partial charge in [0.05, 0.1) is 33.7 Å². The van der Waals surface area contributed by atoms with E-state index < -0.39 is 12.2 Å². The van der Waals surface area contributed by atoms with E-state index in [0.29, 0.717) is 21.3 Å². The number of hydrogen-bond donors (Lipinski definition) is 2. The highest BCUT2D eigenvalue weighted by Gasteiger charge is 2.35. The van der Waals surface area contributed by atoms with Gasteiger partial charge < -0.3 is 19.9 Å². The molecule has 3 aromatic rings. The first-order chi connectivity index (χ1) is 17.2. The predicted molar refractivity (Wildman–Crippen MR) is 145 cm³/mol. The number of aromatic amines is 1. The van der Waals surface area contributed by atoms with E-state index in [1.807, 2.05) is 32.2 Å². The lowest BCUT2D eigenvalue weighted by Gasteiger charge is -2.27. The number of aromatic nitrogens is 1. The summed E-state index contributed by atoms with van der Waals surface area (Å²) < 4.78 is 6.13. The van der Waals surface area contributed by atoms with E-state index in [2.05, 4.69) is 22.1 Å². The molecule has 0 aliphatic carbocycles. The van der Waals surface area contributed by atoms with Crippen LogP contribution in [0.5, 0.6) is 0 Å². The number of H-pyrrole nitrogens is 1. The Morgan fingerprint density at radius 1 is 1.25 bits per heavy atom. The van der Waals surface area contributed by atoms with Gasteiger partial charge in [-0.3, -0.25) is 14.5 Å². The van der Waals surface area contributed by atoms with Crippen LogP contribution in [0.2, 0.25) is 4.34 Å². The topological polar surface area (TPSA) is 94.7 Å². The molecule has 0 saturated carbocycles. The maximum Gasteiger partial charge on any atom is 0.414 e. The van der Waals surface area contributed by atoms with Crippen molar-refractivity contribution in [3.05, 3.63) is 67.2 Å². The predicted octanol–water partition coefficient (Wildman–Crippen LogP) is 4.98. The van der Waals surface area contributed by atoms with Gasteiger partial charge in [0, 0.05) is 25.4 Å². The maximum absolute atomic E-state index is 12.9. The number of nitrogens with zero attached hydrogens (tertiary/aromatic N) is 2. The van der Waals surface area contributed by atoms with Crippen molar-refractivity contribution in [2.45, 2.75) is 33.3 Å². The van der Waals surface area contributed by atoms with Gasteiger partial charge in [0.1, 0.15) is 6.10 Å². The Labute approximate surface area is 218 Å². The molecule has 0 unspecified atom stereocenters. The summed E-state index contributed by atoms with van der Waals surface area (Å²) in [5, 5.41) is 2.82. The molecule has 2 amide bonds. The molecule has 1 aromatic carbocycles. The third-order valence-electron chi connectivity index (χ3n) is 6.24. The lowest BCUT2D eigenvalue weighted by Crippen LogP contribution is -2.34. The van der Waals surface area contributed by atoms with Crippen molar-refractivity contribution in [2.75, 3.05) is 36.5 Å². The molecule has 1 fully saturated rings. The van der Waals surface area contributed by atoms with Crippen LogP contribution in [0.1, 0.15) is 34.1 Å². The molecular weight excluding hydrogens is 500 g/mol. The van der Waals surface area contributed by atoms with Crippen LogP contribution in [0.15, 0.2) is 41.3 Å². The van der Waals surface area contributed by atoms with Gasteiger partial charge in [-0.25, -0.2) is 4.79 Å². The van der Waals surface area contributed by atoms with E-state index in [9.17, 15) is 14.4 Å². The highest BCUT2D eigenvalue weighted by molar-refractivity contribution is 7.18. The van der Waals surface area contributed by atoms with Crippen LogP contribution in [0.4, 0.5) is 16.2 Å². The number of ether oxygens (including phenoxy) is 1. The first kappa shape index (κ1) is 25.8. The zero-order chi connectivity index (χ0) is 26.0. The molecule has 1 aliphatic heterocycles. The number of pyridine rings is 1. The standard InChI is InChI=1S/C26H29ClN4O4S/c1-5-10-30(4)20-12-19(18-8-9-28-24(32)16(18)3)15(2)11-21(20)31-14-17(35-26(31)34)13-29-25(33)22-6-7-23(27)36-22/h6-9,11-12,17H,5,10,13-14H2,1-4H3,(H,28,32)(H,29,33)/t17-/m0/s1. The number of hydrogen-bond acceptors (Lipinski definition) is 6.